The third-order valence-corrected chi connectivity index (χ3v) is 5.39. The summed E-state index contributed by atoms with van der Waals surface area (Å²) in [4.78, 5) is 30.1. The summed E-state index contributed by atoms with van der Waals surface area (Å²) in [5, 5.41) is 0.999. The molecule has 0 spiro atoms. The molecule has 3 heteroatoms. The van der Waals surface area contributed by atoms with E-state index in [1.165, 1.54) is 0 Å². The molecule has 27 heavy (non-hydrogen) atoms. The molecule has 0 bridgehead atoms. The lowest BCUT2D eigenvalue weighted by Gasteiger charge is -2.21. The van der Waals surface area contributed by atoms with Crippen LogP contribution < -0.4 is 0 Å². The first-order valence-electron chi connectivity index (χ1n) is 9.62. The van der Waals surface area contributed by atoms with Crippen molar-refractivity contribution in [2.45, 2.75) is 39.5 Å². The summed E-state index contributed by atoms with van der Waals surface area (Å²) >= 11 is 0. The predicted molar refractivity (Wildman–Crippen MR) is 109 cm³/mol. The van der Waals surface area contributed by atoms with Crippen LogP contribution >= 0.6 is 0 Å². The molecule has 1 N–H and O–H groups in total. The Morgan fingerprint density at radius 2 is 1.52 bits per heavy atom. The first-order valence-corrected chi connectivity index (χ1v) is 9.62. The minimum Gasteiger partial charge on any atom is -0.358 e. The van der Waals surface area contributed by atoms with Gasteiger partial charge < -0.3 is 4.98 Å². The molecule has 0 amide bonds. The van der Waals surface area contributed by atoms with Crippen LogP contribution in [0.15, 0.2) is 54.1 Å². The Balaban J connectivity index is 1.97. The van der Waals surface area contributed by atoms with Crippen LogP contribution in [0, 0.1) is 6.92 Å². The molecule has 3 aromatic rings. The van der Waals surface area contributed by atoms with Gasteiger partial charge in [-0.1, -0.05) is 62.2 Å². The highest BCUT2D eigenvalue weighted by atomic mass is 16.1. The summed E-state index contributed by atoms with van der Waals surface area (Å²) in [6.45, 7) is 4.12. The van der Waals surface area contributed by atoms with Gasteiger partial charge in [0.15, 0.2) is 11.6 Å². The molecule has 0 atom stereocenters. The Kier molecular flexibility index (Phi) is 4.53. The van der Waals surface area contributed by atoms with E-state index in [1.807, 2.05) is 43.3 Å². The van der Waals surface area contributed by atoms with Crippen molar-refractivity contribution in [3.8, 4) is 0 Å². The number of Topliss-reactive ketones (excluding diaryl/α,β-unsaturated/α-hetero) is 2. The van der Waals surface area contributed by atoms with Crippen LogP contribution in [0.25, 0.3) is 16.5 Å². The summed E-state index contributed by atoms with van der Waals surface area (Å²) < 4.78 is 0. The molecule has 1 aliphatic carbocycles. The minimum atomic E-state index is -0.0375. The number of carbonyl (C=O) groups excluding carboxylic acids is 2. The molecule has 0 radical (unpaired) electrons. The standard InChI is InChI=1S/C24H23NO2/c1-3-4-5-13-19-22(21-15(2)25-20-14-9-8-12-18(20)21)24(27)17-11-7-6-10-16(17)23(19)26/h6-12,14,25H,3-5,13H2,1-2H3. The maximum absolute atomic E-state index is 13.5. The molecular weight excluding hydrogens is 334 g/mol. The molecule has 2 aromatic carbocycles. The Bertz CT molecular complexity index is 1080. The first kappa shape index (κ1) is 17.5. The first-order chi connectivity index (χ1) is 13.1. The fourth-order valence-electron chi connectivity index (χ4n) is 4.08. The van der Waals surface area contributed by atoms with Gasteiger partial charge in [-0.15, -0.1) is 0 Å². The summed E-state index contributed by atoms with van der Waals surface area (Å²) in [6, 6.07) is 15.2. The number of hydrogen-bond acceptors (Lipinski definition) is 2. The van der Waals surface area contributed by atoms with Gasteiger partial charge in [0.25, 0.3) is 0 Å². The smallest absolute Gasteiger partial charge is 0.194 e. The molecule has 3 nitrogen and oxygen atoms in total. The van der Waals surface area contributed by atoms with Gasteiger partial charge in [0, 0.05) is 44.4 Å². The van der Waals surface area contributed by atoms with Gasteiger partial charge in [-0.05, 0) is 25.8 Å². The molecule has 0 fully saturated rings. The van der Waals surface area contributed by atoms with Crippen LogP contribution in [-0.2, 0) is 0 Å². The Morgan fingerprint density at radius 1 is 0.852 bits per heavy atom. The Hall–Kier alpha value is -2.94. The molecular formula is C24H23NO2. The van der Waals surface area contributed by atoms with Gasteiger partial charge in [-0.2, -0.15) is 0 Å². The number of carbonyl (C=O) groups is 2. The second-order valence-electron chi connectivity index (χ2n) is 7.19. The number of rotatable bonds is 5. The van der Waals surface area contributed by atoms with Crippen molar-refractivity contribution < 1.29 is 9.59 Å². The monoisotopic (exact) mass is 357 g/mol. The van der Waals surface area contributed by atoms with Gasteiger partial charge in [-0.3, -0.25) is 9.59 Å². The van der Waals surface area contributed by atoms with E-state index in [-0.39, 0.29) is 11.6 Å². The van der Waals surface area contributed by atoms with E-state index in [2.05, 4.69) is 11.9 Å². The average molecular weight is 357 g/mol. The topological polar surface area (TPSA) is 49.9 Å². The van der Waals surface area contributed by atoms with E-state index in [1.54, 1.807) is 12.1 Å². The lowest BCUT2D eigenvalue weighted by molar-refractivity contribution is 0.0988. The van der Waals surface area contributed by atoms with Crippen LogP contribution in [-0.4, -0.2) is 16.6 Å². The molecule has 1 aromatic heterocycles. The number of aromatic amines is 1. The fourth-order valence-corrected chi connectivity index (χ4v) is 4.08. The summed E-state index contributed by atoms with van der Waals surface area (Å²) in [6.07, 6.45) is 3.68. The van der Waals surface area contributed by atoms with Gasteiger partial charge in [-0.25, -0.2) is 0 Å². The van der Waals surface area contributed by atoms with Crippen LogP contribution in [0.4, 0.5) is 0 Å². The van der Waals surface area contributed by atoms with Gasteiger partial charge in [0.1, 0.15) is 0 Å². The fraction of sp³-hybridized carbons (Fsp3) is 0.250. The lowest BCUT2D eigenvalue weighted by Crippen LogP contribution is -2.21. The lowest BCUT2D eigenvalue weighted by atomic mass is 9.79. The van der Waals surface area contributed by atoms with Crippen molar-refractivity contribution >= 4 is 28.0 Å². The van der Waals surface area contributed by atoms with Gasteiger partial charge in [0.05, 0.1) is 0 Å². The zero-order chi connectivity index (χ0) is 19.0. The number of aryl methyl sites for hydroxylation is 1. The second kappa shape index (κ2) is 6.99. The molecule has 4 rings (SSSR count). The number of aromatic nitrogens is 1. The number of allylic oxidation sites excluding steroid dienone is 2. The number of para-hydroxylation sites is 1. The Labute approximate surface area is 159 Å². The van der Waals surface area contributed by atoms with E-state index < -0.39 is 0 Å². The van der Waals surface area contributed by atoms with Crippen LogP contribution in [0.5, 0.6) is 0 Å². The Morgan fingerprint density at radius 3 is 2.26 bits per heavy atom. The highest BCUT2D eigenvalue weighted by molar-refractivity contribution is 6.41. The maximum Gasteiger partial charge on any atom is 0.194 e. The molecule has 1 aliphatic rings. The van der Waals surface area contributed by atoms with Crippen molar-refractivity contribution in [1.82, 2.24) is 4.98 Å². The quantitative estimate of drug-likeness (QED) is 0.579. The highest BCUT2D eigenvalue weighted by Crippen LogP contribution is 2.39. The normalized spacial score (nSPS) is 14.1. The predicted octanol–water partition coefficient (Wildman–Crippen LogP) is 5.89. The van der Waals surface area contributed by atoms with Crippen molar-refractivity contribution in [2.24, 2.45) is 0 Å². The van der Waals surface area contributed by atoms with Crippen LogP contribution in [0.2, 0.25) is 0 Å². The summed E-state index contributed by atoms with van der Waals surface area (Å²) in [5.41, 5.74) is 5.11. The number of nitrogens with one attached hydrogen (secondary N) is 1. The van der Waals surface area contributed by atoms with Gasteiger partial charge >= 0.3 is 0 Å². The van der Waals surface area contributed by atoms with E-state index in [4.69, 9.17) is 0 Å². The molecule has 0 unspecified atom stereocenters. The number of ketones is 2. The summed E-state index contributed by atoms with van der Waals surface area (Å²) in [5.74, 6) is -0.0365. The number of fused-ring (bicyclic) bond motifs is 2. The number of hydrogen-bond donors (Lipinski definition) is 1. The number of unbranched alkanes of at least 4 members (excludes halogenated alkanes) is 2. The van der Waals surface area contributed by atoms with E-state index >= 15 is 0 Å². The van der Waals surface area contributed by atoms with Crippen molar-refractivity contribution in [2.75, 3.05) is 0 Å². The molecule has 136 valence electrons. The minimum absolute atomic E-state index is 0.000911. The maximum atomic E-state index is 13.5. The third kappa shape index (κ3) is 2.84. The van der Waals surface area contributed by atoms with Crippen LogP contribution in [0.3, 0.4) is 0 Å². The average Bonchev–Trinajstić information content (AvgIpc) is 3.01. The van der Waals surface area contributed by atoms with Crippen molar-refractivity contribution in [1.29, 1.82) is 0 Å². The van der Waals surface area contributed by atoms with E-state index in [0.717, 1.165) is 41.4 Å². The van der Waals surface area contributed by atoms with Gasteiger partial charge in [0.2, 0.25) is 0 Å². The summed E-state index contributed by atoms with van der Waals surface area (Å²) in [7, 11) is 0. The van der Waals surface area contributed by atoms with E-state index in [9.17, 15) is 9.59 Å². The zero-order valence-corrected chi connectivity index (χ0v) is 15.8. The number of benzene rings is 2. The molecule has 1 heterocycles. The van der Waals surface area contributed by atoms with Crippen molar-refractivity contribution in [3.63, 3.8) is 0 Å². The van der Waals surface area contributed by atoms with E-state index in [0.29, 0.717) is 28.7 Å². The molecule has 0 saturated heterocycles. The largest absolute Gasteiger partial charge is 0.358 e. The second-order valence-corrected chi connectivity index (χ2v) is 7.19. The van der Waals surface area contributed by atoms with Crippen molar-refractivity contribution in [3.05, 3.63) is 76.5 Å². The number of H-pyrrole nitrogens is 1. The SMILES string of the molecule is CCCCCC1=C(c2c(C)[nH]c3ccccc23)C(=O)c2ccccc2C1=O. The molecule has 0 aliphatic heterocycles. The highest BCUT2D eigenvalue weighted by Gasteiger charge is 2.34. The zero-order valence-electron chi connectivity index (χ0n) is 15.8. The third-order valence-electron chi connectivity index (χ3n) is 5.39. The van der Waals surface area contributed by atoms with Crippen LogP contribution in [0.1, 0.15) is 64.6 Å². The molecule has 0 saturated carbocycles.